The molecular weight excluding hydrogens is 474 g/mol. The summed E-state index contributed by atoms with van der Waals surface area (Å²) in [6.45, 7) is 5.55. The van der Waals surface area contributed by atoms with Crippen molar-refractivity contribution < 1.29 is 13.9 Å². The Morgan fingerprint density at radius 1 is 0.938 bits per heavy atom. The molecule has 2 N–H and O–H groups in total. The quantitative estimate of drug-likeness (QED) is 0.378. The summed E-state index contributed by atoms with van der Waals surface area (Å²) in [5, 5.41) is 6.78. The van der Waals surface area contributed by atoms with Gasteiger partial charge in [0.25, 0.3) is 0 Å². The number of carbonyl (C=O) groups is 1. The fraction of sp³-hybridized carbons (Fsp3) is 0.208. The van der Waals surface area contributed by atoms with Crippen LogP contribution in [0, 0.1) is 5.82 Å². The van der Waals surface area contributed by atoms with Gasteiger partial charge in [-0.3, -0.25) is 0 Å². The molecule has 0 aliphatic heterocycles. The molecule has 0 bridgehead atoms. The second-order valence-corrected chi connectivity index (χ2v) is 9.47. The molecular formula is C24H22Cl3FN2O2. The van der Waals surface area contributed by atoms with E-state index in [2.05, 4.69) is 10.6 Å². The van der Waals surface area contributed by atoms with Gasteiger partial charge in [-0.15, -0.1) is 0 Å². The second kappa shape index (κ2) is 9.99. The van der Waals surface area contributed by atoms with E-state index in [0.29, 0.717) is 26.3 Å². The predicted octanol–water partition coefficient (Wildman–Crippen LogP) is 7.87. The SMILES string of the molecule is CC(C)(C)NC(=O)Nc1ccc(OC(c2ccc(Cl)cc2)c2ccc(Cl)cc2Cl)c(F)c1. The van der Waals surface area contributed by atoms with E-state index in [4.69, 9.17) is 39.5 Å². The number of anilines is 1. The van der Waals surface area contributed by atoms with Gasteiger partial charge in [0.05, 0.1) is 0 Å². The molecule has 32 heavy (non-hydrogen) atoms. The minimum Gasteiger partial charge on any atom is -0.478 e. The summed E-state index contributed by atoms with van der Waals surface area (Å²) in [5.74, 6) is -0.639. The summed E-state index contributed by atoms with van der Waals surface area (Å²) in [7, 11) is 0. The third-order valence-corrected chi connectivity index (χ3v) is 5.16. The predicted molar refractivity (Wildman–Crippen MR) is 129 cm³/mol. The Morgan fingerprint density at radius 3 is 2.19 bits per heavy atom. The lowest BCUT2D eigenvalue weighted by molar-refractivity contribution is 0.235. The lowest BCUT2D eigenvalue weighted by atomic mass is 10.0. The molecule has 0 aliphatic rings. The van der Waals surface area contributed by atoms with E-state index in [1.54, 1.807) is 48.5 Å². The van der Waals surface area contributed by atoms with Gasteiger partial charge in [0.15, 0.2) is 17.7 Å². The number of rotatable bonds is 5. The summed E-state index contributed by atoms with van der Waals surface area (Å²) >= 11 is 18.5. The smallest absolute Gasteiger partial charge is 0.319 e. The lowest BCUT2D eigenvalue weighted by Crippen LogP contribution is -2.43. The molecule has 3 rings (SSSR count). The Morgan fingerprint density at radius 2 is 1.59 bits per heavy atom. The highest BCUT2D eigenvalue weighted by atomic mass is 35.5. The summed E-state index contributed by atoms with van der Waals surface area (Å²) in [5.41, 5.74) is 1.22. The van der Waals surface area contributed by atoms with Crippen LogP contribution in [-0.2, 0) is 0 Å². The third-order valence-electron chi connectivity index (χ3n) is 4.34. The van der Waals surface area contributed by atoms with Gasteiger partial charge in [0.2, 0.25) is 0 Å². The van der Waals surface area contributed by atoms with Crippen LogP contribution in [0.4, 0.5) is 14.9 Å². The maximum Gasteiger partial charge on any atom is 0.319 e. The average molecular weight is 496 g/mol. The molecule has 1 unspecified atom stereocenters. The van der Waals surface area contributed by atoms with Crippen molar-refractivity contribution in [1.82, 2.24) is 5.32 Å². The molecule has 3 aromatic rings. The van der Waals surface area contributed by atoms with Crippen molar-refractivity contribution in [3.63, 3.8) is 0 Å². The van der Waals surface area contributed by atoms with E-state index in [-0.39, 0.29) is 5.75 Å². The van der Waals surface area contributed by atoms with E-state index in [1.807, 2.05) is 20.8 Å². The summed E-state index contributed by atoms with van der Waals surface area (Å²) in [6, 6.07) is 15.8. The van der Waals surface area contributed by atoms with Crippen molar-refractivity contribution in [2.75, 3.05) is 5.32 Å². The molecule has 1 atom stereocenters. The van der Waals surface area contributed by atoms with Gasteiger partial charge in [0, 0.05) is 37.9 Å². The third kappa shape index (κ3) is 6.52. The first kappa shape index (κ1) is 24.2. The molecule has 0 saturated heterocycles. The Bertz CT molecular complexity index is 1120. The summed E-state index contributed by atoms with van der Waals surface area (Å²) in [4.78, 5) is 12.1. The van der Waals surface area contributed by atoms with Crippen LogP contribution in [0.3, 0.4) is 0 Å². The molecule has 3 aromatic carbocycles. The first-order valence-electron chi connectivity index (χ1n) is 9.77. The molecule has 0 aromatic heterocycles. The first-order chi connectivity index (χ1) is 15.0. The molecule has 0 radical (unpaired) electrons. The van der Waals surface area contributed by atoms with Crippen molar-refractivity contribution in [1.29, 1.82) is 0 Å². The number of nitrogens with one attached hydrogen (secondary N) is 2. The number of benzene rings is 3. The van der Waals surface area contributed by atoms with Gasteiger partial charge >= 0.3 is 6.03 Å². The molecule has 168 valence electrons. The van der Waals surface area contributed by atoms with Crippen LogP contribution in [-0.4, -0.2) is 11.6 Å². The van der Waals surface area contributed by atoms with Crippen LogP contribution in [0.25, 0.3) is 0 Å². The lowest BCUT2D eigenvalue weighted by Gasteiger charge is -2.22. The molecule has 0 fully saturated rings. The highest BCUT2D eigenvalue weighted by molar-refractivity contribution is 6.35. The van der Waals surface area contributed by atoms with E-state index in [1.165, 1.54) is 12.1 Å². The molecule has 0 saturated carbocycles. The van der Waals surface area contributed by atoms with Gasteiger partial charge in [-0.1, -0.05) is 53.0 Å². The van der Waals surface area contributed by atoms with Crippen molar-refractivity contribution in [2.45, 2.75) is 32.4 Å². The molecule has 0 heterocycles. The van der Waals surface area contributed by atoms with Crippen LogP contribution >= 0.6 is 34.8 Å². The van der Waals surface area contributed by atoms with E-state index in [9.17, 15) is 9.18 Å². The summed E-state index contributed by atoms with van der Waals surface area (Å²) in [6.07, 6.45) is -0.713. The number of amides is 2. The highest BCUT2D eigenvalue weighted by Crippen LogP contribution is 2.36. The molecule has 0 spiro atoms. The van der Waals surface area contributed by atoms with Crippen LogP contribution in [0.5, 0.6) is 5.75 Å². The van der Waals surface area contributed by atoms with Gasteiger partial charge in [-0.05, 0) is 62.7 Å². The van der Waals surface area contributed by atoms with Gasteiger partial charge in [-0.25, -0.2) is 9.18 Å². The van der Waals surface area contributed by atoms with E-state index in [0.717, 1.165) is 5.56 Å². The fourth-order valence-electron chi connectivity index (χ4n) is 2.97. The fourth-order valence-corrected chi connectivity index (χ4v) is 3.60. The van der Waals surface area contributed by atoms with E-state index < -0.39 is 23.5 Å². The number of ether oxygens (including phenoxy) is 1. The van der Waals surface area contributed by atoms with Crippen LogP contribution in [0.2, 0.25) is 15.1 Å². The van der Waals surface area contributed by atoms with Crippen LogP contribution in [0.15, 0.2) is 60.7 Å². The Hall–Kier alpha value is -2.47. The Kier molecular flexibility index (Phi) is 7.55. The van der Waals surface area contributed by atoms with E-state index >= 15 is 0 Å². The van der Waals surface area contributed by atoms with Crippen molar-refractivity contribution in [3.8, 4) is 5.75 Å². The maximum absolute atomic E-state index is 14.9. The molecule has 4 nitrogen and oxygen atoms in total. The zero-order valence-corrected chi connectivity index (χ0v) is 19.9. The standard InChI is InChI=1S/C24H22Cl3FN2O2/c1-24(2,3)30-23(31)29-17-9-11-21(20(28)13-17)32-22(14-4-6-15(25)7-5-14)18-10-8-16(26)12-19(18)27/h4-13,22H,1-3H3,(H2,29,30,31). The van der Waals surface area contributed by atoms with Gasteiger partial charge in [-0.2, -0.15) is 0 Å². The minimum absolute atomic E-state index is 0.00209. The summed E-state index contributed by atoms with van der Waals surface area (Å²) < 4.78 is 20.9. The largest absolute Gasteiger partial charge is 0.478 e. The molecule has 2 amide bonds. The number of hydrogen-bond acceptors (Lipinski definition) is 2. The van der Waals surface area contributed by atoms with Gasteiger partial charge < -0.3 is 15.4 Å². The monoisotopic (exact) mass is 494 g/mol. The normalized spacial score (nSPS) is 12.2. The molecule has 0 aliphatic carbocycles. The Labute approximate surface area is 201 Å². The number of hydrogen-bond donors (Lipinski definition) is 2. The zero-order valence-electron chi connectivity index (χ0n) is 17.7. The minimum atomic E-state index is -0.713. The number of halogens is 4. The highest BCUT2D eigenvalue weighted by Gasteiger charge is 2.22. The first-order valence-corrected chi connectivity index (χ1v) is 10.9. The average Bonchev–Trinajstić information content (AvgIpc) is 2.67. The van der Waals surface area contributed by atoms with Crippen molar-refractivity contribution >= 4 is 46.5 Å². The van der Waals surface area contributed by atoms with Crippen molar-refractivity contribution in [2.24, 2.45) is 0 Å². The van der Waals surface area contributed by atoms with Crippen LogP contribution in [0.1, 0.15) is 38.0 Å². The second-order valence-electron chi connectivity index (χ2n) is 8.19. The maximum atomic E-state index is 14.9. The van der Waals surface area contributed by atoms with Gasteiger partial charge in [0.1, 0.15) is 0 Å². The Balaban J connectivity index is 1.89. The number of urea groups is 1. The topological polar surface area (TPSA) is 50.4 Å². The zero-order chi connectivity index (χ0) is 23.5. The van der Waals surface area contributed by atoms with Crippen molar-refractivity contribution in [3.05, 3.63) is 92.7 Å². The van der Waals surface area contributed by atoms with Crippen LogP contribution < -0.4 is 15.4 Å². The number of carbonyl (C=O) groups excluding carboxylic acids is 1. The molecule has 8 heteroatoms.